The van der Waals surface area contributed by atoms with Gasteiger partial charge in [-0.15, -0.1) is 0 Å². The second kappa shape index (κ2) is 7.21. The molecule has 0 radical (unpaired) electrons. The topological polar surface area (TPSA) is 28.2 Å². The van der Waals surface area contributed by atoms with Gasteiger partial charge in [0.1, 0.15) is 0 Å². The number of hydrogen-bond donors (Lipinski definition) is 1. The molecule has 1 aliphatic heterocycles. The fraction of sp³-hybridized carbons (Fsp3) is 0.706. The summed E-state index contributed by atoms with van der Waals surface area (Å²) in [5.74, 6) is 0.379. The third kappa shape index (κ3) is 4.40. The van der Waals surface area contributed by atoms with Crippen LogP contribution in [-0.2, 0) is 6.54 Å². The standard InChI is InChI=1S/C17H28FN3/c1-4-9-19-13-14-6-10-20-16(15(14)18)21-11-5-7-17(2,3)8-12-21/h6,10,19H,4-5,7-9,11-13H2,1-3H3. The van der Waals surface area contributed by atoms with E-state index in [0.29, 0.717) is 17.8 Å². The van der Waals surface area contributed by atoms with E-state index >= 15 is 0 Å². The van der Waals surface area contributed by atoms with Crippen LogP contribution in [0.5, 0.6) is 0 Å². The normalized spacial score (nSPS) is 18.6. The number of nitrogens with one attached hydrogen (secondary N) is 1. The van der Waals surface area contributed by atoms with Gasteiger partial charge in [-0.1, -0.05) is 20.8 Å². The van der Waals surface area contributed by atoms with Crippen molar-refractivity contribution in [2.75, 3.05) is 24.5 Å². The quantitative estimate of drug-likeness (QED) is 0.838. The van der Waals surface area contributed by atoms with Gasteiger partial charge < -0.3 is 10.2 Å². The van der Waals surface area contributed by atoms with Gasteiger partial charge in [-0.3, -0.25) is 0 Å². The number of rotatable bonds is 5. The molecule has 21 heavy (non-hydrogen) atoms. The van der Waals surface area contributed by atoms with E-state index in [0.717, 1.165) is 44.5 Å². The second-order valence-electron chi connectivity index (χ2n) is 6.79. The molecule has 1 aromatic heterocycles. The minimum Gasteiger partial charge on any atom is -0.354 e. The number of halogens is 1. The van der Waals surface area contributed by atoms with Gasteiger partial charge in [0.05, 0.1) is 0 Å². The second-order valence-corrected chi connectivity index (χ2v) is 6.79. The van der Waals surface area contributed by atoms with E-state index in [2.05, 4.69) is 36.0 Å². The Bertz CT molecular complexity index is 459. The summed E-state index contributed by atoms with van der Waals surface area (Å²) >= 11 is 0. The maximum Gasteiger partial charge on any atom is 0.170 e. The van der Waals surface area contributed by atoms with Crippen LogP contribution in [0.1, 0.15) is 52.0 Å². The van der Waals surface area contributed by atoms with Gasteiger partial charge in [-0.25, -0.2) is 9.37 Å². The Kier molecular flexibility index (Phi) is 5.57. The van der Waals surface area contributed by atoms with Crippen molar-refractivity contribution in [2.24, 2.45) is 5.41 Å². The first-order valence-corrected chi connectivity index (χ1v) is 8.12. The summed E-state index contributed by atoms with van der Waals surface area (Å²) < 4.78 is 14.7. The molecule has 118 valence electrons. The van der Waals surface area contributed by atoms with Gasteiger partial charge in [0, 0.05) is 31.4 Å². The highest BCUT2D eigenvalue weighted by atomic mass is 19.1. The summed E-state index contributed by atoms with van der Waals surface area (Å²) in [6, 6.07) is 1.78. The summed E-state index contributed by atoms with van der Waals surface area (Å²) in [7, 11) is 0. The third-order valence-corrected chi connectivity index (χ3v) is 4.33. The zero-order chi connectivity index (χ0) is 15.3. The summed E-state index contributed by atoms with van der Waals surface area (Å²) in [5, 5.41) is 3.26. The monoisotopic (exact) mass is 293 g/mol. The fourth-order valence-electron chi connectivity index (χ4n) is 2.86. The van der Waals surface area contributed by atoms with Crippen molar-refractivity contribution in [3.05, 3.63) is 23.6 Å². The van der Waals surface area contributed by atoms with Crippen molar-refractivity contribution in [3.8, 4) is 0 Å². The van der Waals surface area contributed by atoms with E-state index in [1.807, 2.05) is 0 Å². The Hall–Kier alpha value is -1.16. The lowest BCUT2D eigenvalue weighted by Gasteiger charge is -2.24. The molecule has 0 bridgehead atoms. The van der Waals surface area contributed by atoms with Crippen LogP contribution in [0.2, 0.25) is 0 Å². The lowest BCUT2D eigenvalue weighted by atomic mass is 9.85. The van der Waals surface area contributed by atoms with Crippen LogP contribution < -0.4 is 10.2 Å². The minimum absolute atomic E-state index is 0.152. The maximum atomic E-state index is 14.7. The Morgan fingerprint density at radius 3 is 2.90 bits per heavy atom. The smallest absolute Gasteiger partial charge is 0.170 e. The molecule has 0 aromatic carbocycles. The first kappa shape index (κ1) is 16.2. The van der Waals surface area contributed by atoms with E-state index < -0.39 is 0 Å². The van der Waals surface area contributed by atoms with Gasteiger partial charge >= 0.3 is 0 Å². The summed E-state index contributed by atoms with van der Waals surface area (Å²) in [6.07, 6.45) is 6.18. The van der Waals surface area contributed by atoms with E-state index in [1.54, 1.807) is 12.3 Å². The molecule has 0 saturated carbocycles. The molecule has 0 unspecified atom stereocenters. The first-order chi connectivity index (χ1) is 10.0. The summed E-state index contributed by atoms with van der Waals surface area (Å²) in [4.78, 5) is 6.42. The molecule has 1 fully saturated rings. The largest absolute Gasteiger partial charge is 0.354 e. The molecule has 0 amide bonds. The number of nitrogens with zero attached hydrogens (tertiary/aromatic N) is 2. The van der Waals surface area contributed by atoms with Crippen molar-refractivity contribution in [1.82, 2.24) is 10.3 Å². The molecule has 0 aliphatic carbocycles. The number of hydrogen-bond acceptors (Lipinski definition) is 3. The number of anilines is 1. The van der Waals surface area contributed by atoms with Crippen LogP contribution in [0.3, 0.4) is 0 Å². The maximum absolute atomic E-state index is 14.7. The van der Waals surface area contributed by atoms with Gasteiger partial charge in [-0.2, -0.15) is 0 Å². The zero-order valence-corrected chi connectivity index (χ0v) is 13.6. The van der Waals surface area contributed by atoms with Crippen LogP contribution in [0, 0.1) is 11.2 Å². The third-order valence-electron chi connectivity index (χ3n) is 4.33. The highest BCUT2D eigenvalue weighted by molar-refractivity contribution is 5.43. The van der Waals surface area contributed by atoms with Crippen LogP contribution in [0.25, 0.3) is 0 Å². The lowest BCUT2D eigenvalue weighted by molar-refractivity contribution is 0.325. The van der Waals surface area contributed by atoms with Gasteiger partial charge in [0.15, 0.2) is 11.6 Å². The molecule has 0 spiro atoms. The Morgan fingerprint density at radius 1 is 1.33 bits per heavy atom. The molecular formula is C17H28FN3. The Labute approximate surface area is 127 Å². The van der Waals surface area contributed by atoms with Gasteiger partial charge in [0.2, 0.25) is 0 Å². The molecule has 1 saturated heterocycles. The van der Waals surface area contributed by atoms with E-state index in [9.17, 15) is 4.39 Å². The average molecular weight is 293 g/mol. The first-order valence-electron chi connectivity index (χ1n) is 8.12. The zero-order valence-electron chi connectivity index (χ0n) is 13.6. The van der Waals surface area contributed by atoms with Crippen LogP contribution in [-0.4, -0.2) is 24.6 Å². The predicted octanol–water partition coefficient (Wildman–Crippen LogP) is 3.74. The van der Waals surface area contributed by atoms with Crippen molar-refractivity contribution < 1.29 is 4.39 Å². The molecule has 0 atom stereocenters. The molecular weight excluding hydrogens is 265 g/mol. The highest BCUT2D eigenvalue weighted by Gasteiger charge is 2.25. The summed E-state index contributed by atoms with van der Waals surface area (Å²) in [6.45, 7) is 9.99. The van der Waals surface area contributed by atoms with Gasteiger partial charge in [-0.05, 0) is 43.7 Å². The van der Waals surface area contributed by atoms with Crippen molar-refractivity contribution in [3.63, 3.8) is 0 Å². The molecule has 1 aliphatic rings. The van der Waals surface area contributed by atoms with E-state index in [-0.39, 0.29) is 5.82 Å². The van der Waals surface area contributed by atoms with E-state index in [1.165, 1.54) is 6.42 Å². The molecule has 1 aromatic rings. The SMILES string of the molecule is CCCNCc1ccnc(N2CCCC(C)(C)CC2)c1F. The fourth-order valence-corrected chi connectivity index (χ4v) is 2.86. The van der Waals surface area contributed by atoms with Gasteiger partial charge in [0.25, 0.3) is 0 Å². The van der Waals surface area contributed by atoms with Crippen LogP contribution in [0.15, 0.2) is 12.3 Å². The average Bonchev–Trinajstić information content (AvgIpc) is 2.62. The van der Waals surface area contributed by atoms with E-state index in [4.69, 9.17) is 0 Å². The van der Waals surface area contributed by atoms with Crippen LogP contribution in [0.4, 0.5) is 10.2 Å². The minimum atomic E-state index is -0.152. The van der Waals surface area contributed by atoms with Crippen molar-refractivity contribution in [1.29, 1.82) is 0 Å². The number of pyridine rings is 1. The van der Waals surface area contributed by atoms with Crippen molar-refractivity contribution >= 4 is 5.82 Å². The van der Waals surface area contributed by atoms with Crippen molar-refractivity contribution in [2.45, 2.75) is 53.0 Å². The molecule has 2 rings (SSSR count). The molecule has 3 nitrogen and oxygen atoms in total. The lowest BCUT2D eigenvalue weighted by Crippen LogP contribution is -2.27. The summed E-state index contributed by atoms with van der Waals surface area (Å²) in [5.41, 5.74) is 1.07. The molecule has 4 heteroatoms. The predicted molar refractivity (Wildman–Crippen MR) is 86.0 cm³/mol. The Morgan fingerprint density at radius 2 is 2.14 bits per heavy atom. The molecule has 2 heterocycles. The molecule has 1 N–H and O–H groups in total. The van der Waals surface area contributed by atoms with Crippen LogP contribution >= 0.6 is 0 Å². The Balaban J connectivity index is 2.10. The number of aromatic nitrogens is 1. The highest BCUT2D eigenvalue weighted by Crippen LogP contribution is 2.32.